The molecule has 0 unspecified atom stereocenters. The number of carbonyl (C=O) groups is 1. The highest BCUT2D eigenvalue weighted by Crippen LogP contribution is 2.16. The zero-order chi connectivity index (χ0) is 19.4. The van der Waals surface area contributed by atoms with Gasteiger partial charge < -0.3 is 4.90 Å². The number of aromatic nitrogens is 2. The minimum Gasteiger partial charge on any atom is -0.327 e. The van der Waals surface area contributed by atoms with Gasteiger partial charge in [0.15, 0.2) is 11.0 Å². The first kappa shape index (κ1) is 19.8. The van der Waals surface area contributed by atoms with E-state index in [-0.39, 0.29) is 11.7 Å². The lowest BCUT2D eigenvalue weighted by Gasteiger charge is -2.20. The fourth-order valence-corrected chi connectivity index (χ4v) is 3.86. The maximum atomic E-state index is 13.7. The van der Waals surface area contributed by atoms with Crippen molar-refractivity contribution in [1.82, 2.24) is 9.88 Å². The van der Waals surface area contributed by atoms with Crippen molar-refractivity contribution in [2.45, 2.75) is 39.8 Å². The Kier molecular flexibility index (Phi) is 6.46. The van der Waals surface area contributed by atoms with Crippen LogP contribution in [0.15, 0.2) is 42.5 Å². The molecule has 0 atom stereocenters. The second-order valence-electron chi connectivity index (χ2n) is 6.62. The summed E-state index contributed by atoms with van der Waals surface area (Å²) in [7, 11) is 0. The number of amides is 1. The van der Waals surface area contributed by atoms with Crippen LogP contribution in [0.5, 0.6) is 0 Å². The third-order valence-electron chi connectivity index (χ3n) is 4.50. The van der Waals surface area contributed by atoms with Crippen molar-refractivity contribution in [3.8, 4) is 0 Å². The third kappa shape index (κ3) is 4.48. The Morgan fingerprint density at radius 1 is 1.19 bits per heavy atom. The molecule has 1 heterocycles. The van der Waals surface area contributed by atoms with Gasteiger partial charge in [0.05, 0.1) is 6.54 Å². The van der Waals surface area contributed by atoms with Crippen molar-refractivity contribution in [2.75, 3.05) is 6.54 Å². The molecule has 0 aliphatic heterocycles. The zero-order valence-electron chi connectivity index (χ0n) is 15.6. The topological polar surface area (TPSA) is 40.0 Å². The summed E-state index contributed by atoms with van der Waals surface area (Å²) in [4.78, 5) is 18.3. The summed E-state index contributed by atoms with van der Waals surface area (Å²) in [5.41, 5.74) is 2.42. The third-order valence-corrected chi connectivity index (χ3v) is 5.17. The van der Waals surface area contributed by atoms with Gasteiger partial charge in [-0.1, -0.05) is 19.9 Å². The molecule has 27 heavy (non-hydrogen) atoms. The van der Waals surface area contributed by atoms with E-state index in [4.69, 9.17) is 0 Å². The van der Waals surface area contributed by atoms with Crippen LogP contribution in [0.4, 0.5) is 4.39 Å². The number of imidazole rings is 1. The van der Waals surface area contributed by atoms with E-state index < -0.39 is 0 Å². The first-order valence-corrected chi connectivity index (χ1v) is 10.4. The Morgan fingerprint density at radius 3 is 2.70 bits per heavy atom. The van der Waals surface area contributed by atoms with Crippen LogP contribution < -0.4 is 4.57 Å². The summed E-state index contributed by atoms with van der Waals surface area (Å²) >= 11 is 2.22. The quantitative estimate of drug-likeness (QED) is 0.388. The highest BCUT2D eigenvalue weighted by Gasteiger charge is 2.24. The number of hydrogen-bond donors (Lipinski definition) is 1. The first-order valence-electron chi connectivity index (χ1n) is 9.28. The molecule has 0 spiro atoms. The van der Waals surface area contributed by atoms with Crippen LogP contribution in [0.25, 0.3) is 11.0 Å². The lowest BCUT2D eigenvalue weighted by atomic mass is 10.2. The van der Waals surface area contributed by atoms with Gasteiger partial charge in [0.25, 0.3) is 11.7 Å². The standard InChI is InChI=1S/C21H23FIN3O/c1-3-10-25(21(27)15-6-5-7-17(23)12-15)14-20-24-18-9-8-16(22)13-19(18)26(20)11-4-2/h5-9,12-13H,3-4,10-11,14H2,1-2H3/p+1. The summed E-state index contributed by atoms with van der Waals surface area (Å²) in [5.74, 6) is 0.686. The van der Waals surface area contributed by atoms with E-state index in [1.54, 1.807) is 12.1 Å². The van der Waals surface area contributed by atoms with Crippen LogP contribution in [0.3, 0.4) is 0 Å². The molecule has 4 nitrogen and oxygen atoms in total. The maximum Gasteiger partial charge on any atom is 0.275 e. The van der Waals surface area contributed by atoms with Gasteiger partial charge in [-0.2, -0.15) is 0 Å². The Labute approximate surface area is 172 Å². The second kappa shape index (κ2) is 8.82. The van der Waals surface area contributed by atoms with Crippen LogP contribution in [0.1, 0.15) is 42.9 Å². The van der Waals surface area contributed by atoms with E-state index in [0.29, 0.717) is 18.7 Å². The Bertz CT molecular complexity index is 954. The van der Waals surface area contributed by atoms with E-state index in [0.717, 1.165) is 39.8 Å². The molecule has 142 valence electrons. The summed E-state index contributed by atoms with van der Waals surface area (Å²) in [6.07, 6.45) is 1.80. The Morgan fingerprint density at radius 2 is 2.00 bits per heavy atom. The van der Waals surface area contributed by atoms with Crippen LogP contribution in [0, 0.1) is 9.39 Å². The van der Waals surface area contributed by atoms with E-state index >= 15 is 0 Å². The van der Waals surface area contributed by atoms with E-state index in [9.17, 15) is 9.18 Å². The minimum atomic E-state index is -0.252. The number of nitrogens with zero attached hydrogens (tertiary/aromatic N) is 2. The number of aromatic amines is 1. The molecule has 3 rings (SSSR count). The number of benzene rings is 2. The molecule has 1 N–H and O–H groups in total. The Hall–Kier alpha value is -1.96. The highest BCUT2D eigenvalue weighted by molar-refractivity contribution is 14.1. The lowest BCUT2D eigenvalue weighted by Crippen LogP contribution is -2.41. The molecule has 0 aliphatic rings. The molecule has 0 bridgehead atoms. The summed E-state index contributed by atoms with van der Waals surface area (Å²) in [6.45, 7) is 6.07. The molecule has 0 saturated carbocycles. The summed E-state index contributed by atoms with van der Waals surface area (Å²) in [6, 6.07) is 12.4. The van der Waals surface area contributed by atoms with Gasteiger partial charge in [-0.3, -0.25) is 4.79 Å². The number of rotatable bonds is 7. The average molecular weight is 480 g/mol. The molecule has 3 aromatic rings. The van der Waals surface area contributed by atoms with Crippen molar-refractivity contribution in [2.24, 2.45) is 0 Å². The molecule has 0 aliphatic carbocycles. The molecule has 1 amide bonds. The molecule has 2 aromatic carbocycles. The van der Waals surface area contributed by atoms with Crippen LogP contribution in [-0.2, 0) is 13.1 Å². The zero-order valence-corrected chi connectivity index (χ0v) is 17.8. The number of H-pyrrole nitrogens is 1. The van der Waals surface area contributed by atoms with Gasteiger partial charge in [-0.15, -0.1) is 0 Å². The number of halogens is 2. The maximum absolute atomic E-state index is 13.7. The van der Waals surface area contributed by atoms with Gasteiger partial charge in [0.2, 0.25) is 0 Å². The predicted octanol–water partition coefficient (Wildman–Crippen LogP) is 4.66. The average Bonchev–Trinajstić information content (AvgIpc) is 2.98. The lowest BCUT2D eigenvalue weighted by molar-refractivity contribution is -0.679. The molecular formula is C21H24FIN3O+. The summed E-state index contributed by atoms with van der Waals surface area (Å²) < 4.78 is 16.9. The van der Waals surface area contributed by atoms with Crippen molar-refractivity contribution in [3.63, 3.8) is 0 Å². The fourth-order valence-electron chi connectivity index (χ4n) is 3.31. The minimum absolute atomic E-state index is 0.0169. The largest absolute Gasteiger partial charge is 0.327 e. The summed E-state index contributed by atoms with van der Waals surface area (Å²) in [5, 5.41) is 0. The van der Waals surface area contributed by atoms with Crippen LogP contribution in [0.2, 0.25) is 0 Å². The highest BCUT2D eigenvalue weighted by atomic mass is 127. The molecular weight excluding hydrogens is 456 g/mol. The number of carbonyl (C=O) groups excluding carboxylic acids is 1. The number of aryl methyl sites for hydroxylation is 1. The molecule has 1 aromatic heterocycles. The van der Waals surface area contributed by atoms with Gasteiger partial charge >= 0.3 is 0 Å². The van der Waals surface area contributed by atoms with Gasteiger partial charge in [0.1, 0.15) is 12.4 Å². The molecule has 6 heteroatoms. The molecule has 0 radical (unpaired) electrons. The van der Waals surface area contributed by atoms with Crippen molar-refractivity contribution in [1.29, 1.82) is 0 Å². The predicted molar refractivity (Wildman–Crippen MR) is 113 cm³/mol. The number of fused-ring (bicyclic) bond motifs is 1. The second-order valence-corrected chi connectivity index (χ2v) is 7.87. The van der Waals surface area contributed by atoms with Crippen molar-refractivity contribution < 1.29 is 13.8 Å². The van der Waals surface area contributed by atoms with E-state index in [1.807, 2.05) is 29.2 Å². The van der Waals surface area contributed by atoms with E-state index in [2.05, 4.69) is 46.0 Å². The van der Waals surface area contributed by atoms with Crippen LogP contribution >= 0.6 is 22.6 Å². The van der Waals surface area contributed by atoms with Gasteiger partial charge in [-0.05, 0) is 65.8 Å². The first-order chi connectivity index (χ1) is 13.0. The SMILES string of the molecule is CCCN(Cc1[nH]c2ccc(F)cc2[n+]1CCC)C(=O)c1cccc(I)c1. The van der Waals surface area contributed by atoms with E-state index in [1.165, 1.54) is 6.07 Å². The van der Waals surface area contributed by atoms with Crippen molar-refractivity contribution in [3.05, 3.63) is 63.2 Å². The Balaban J connectivity index is 1.96. The van der Waals surface area contributed by atoms with Crippen LogP contribution in [-0.4, -0.2) is 22.3 Å². The van der Waals surface area contributed by atoms with Gasteiger partial charge in [0, 0.05) is 21.7 Å². The smallest absolute Gasteiger partial charge is 0.275 e. The molecule has 0 fully saturated rings. The van der Waals surface area contributed by atoms with Crippen molar-refractivity contribution >= 4 is 39.5 Å². The fraction of sp³-hybridized carbons (Fsp3) is 0.333. The normalized spacial score (nSPS) is 11.1. The van der Waals surface area contributed by atoms with Gasteiger partial charge in [-0.25, -0.2) is 13.9 Å². The molecule has 0 saturated heterocycles. The monoisotopic (exact) mass is 480 g/mol. The number of nitrogens with one attached hydrogen (secondary N) is 1. The number of hydrogen-bond acceptors (Lipinski definition) is 1.